The molecule has 0 saturated carbocycles. The molecule has 122 valence electrons. The van der Waals surface area contributed by atoms with Crippen molar-refractivity contribution in [1.29, 1.82) is 0 Å². The first kappa shape index (κ1) is 16.3. The summed E-state index contributed by atoms with van der Waals surface area (Å²) in [5.41, 5.74) is 4.06. The molecule has 5 heteroatoms. The van der Waals surface area contributed by atoms with E-state index in [0.29, 0.717) is 5.02 Å². The van der Waals surface area contributed by atoms with Gasteiger partial charge in [0.15, 0.2) is 0 Å². The van der Waals surface area contributed by atoms with E-state index >= 15 is 0 Å². The molecule has 0 bridgehead atoms. The molecule has 1 N–H and O–H groups in total. The third kappa shape index (κ3) is 3.19. The minimum Gasteiger partial charge on any atom is -0.469 e. The fourth-order valence-corrected chi connectivity index (χ4v) is 2.83. The number of esters is 1. The van der Waals surface area contributed by atoms with Gasteiger partial charge in [-0.25, -0.2) is 0 Å². The van der Waals surface area contributed by atoms with Gasteiger partial charge < -0.3 is 10.1 Å². The number of rotatable bonds is 4. The van der Waals surface area contributed by atoms with Crippen molar-refractivity contribution in [1.82, 2.24) is 4.98 Å². The number of ether oxygens (including phenoxy) is 1. The molecule has 0 fully saturated rings. The average Bonchev–Trinajstić information content (AvgIpc) is 2.59. The molecule has 0 radical (unpaired) electrons. The maximum absolute atomic E-state index is 11.8. The third-order valence-corrected chi connectivity index (χ3v) is 4.21. The van der Waals surface area contributed by atoms with Gasteiger partial charge >= 0.3 is 5.97 Å². The van der Waals surface area contributed by atoms with Crippen LogP contribution in [0.3, 0.4) is 0 Å². The molecular formula is C19H17ClN2O2. The van der Waals surface area contributed by atoms with Crippen molar-refractivity contribution in [2.75, 3.05) is 12.4 Å². The Morgan fingerprint density at radius 1 is 1.17 bits per heavy atom. The molecule has 0 aliphatic rings. The summed E-state index contributed by atoms with van der Waals surface area (Å²) < 4.78 is 4.83. The van der Waals surface area contributed by atoms with Crippen molar-refractivity contribution in [3.8, 4) is 0 Å². The first-order chi connectivity index (χ1) is 11.6. The standard InChI is InChI=1S/C19H17ClN2O2/c1-12-14(11-18(23)24-2)19(13-7-3-5-9-16(13)21-12)22-17-10-6-4-8-15(17)20/h3-10H,11H2,1-2H3,(H,21,22). The number of hydrogen-bond donors (Lipinski definition) is 1. The summed E-state index contributed by atoms with van der Waals surface area (Å²) in [5.74, 6) is -0.308. The van der Waals surface area contributed by atoms with E-state index in [1.165, 1.54) is 7.11 Å². The highest BCUT2D eigenvalue weighted by Crippen LogP contribution is 2.33. The summed E-state index contributed by atoms with van der Waals surface area (Å²) in [6.45, 7) is 1.89. The van der Waals surface area contributed by atoms with Crippen LogP contribution in [0.5, 0.6) is 0 Å². The summed E-state index contributed by atoms with van der Waals surface area (Å²) in [4.78, 5) is 16.4. The number of hydrogen-bond acceptors (Lipinski definition) is 4. The molecule has 3 rings (SSSR count). The number of nitrogens with zero attached hydrogens (tertiary/aromatic N) is 1. The largest absolute Gasteiger partial charge is 0.469 e. The number of aromatic nitrogens is 1. The van der Waals surface area contributed by atoms with Gasteiger partial charge in [-0.2, -0.15) is 0 Å². The number of methoxy groups -OCH3 is 1. The fourth-order valence-electron chi connectivity index (χ4n) is 2.65. The van der Waals surface area contributed by atoms with E-state index in [2.05, 4.69) is 10.3 Å². The molecule has 0 saturated heterocycles. The van der Waals surface area contributed by atoms with E-state index in [-0.39, 0.29) is 12.4 Å². The van der Waals surface area contributed by atoms with Gasteiger partial charge in [0.25, 0.3) is 0 Å². The Labute approximate surface area is 145 Å². The Hall–Kier alpha value is -2.59. The highest BCUT2D eigenvalue weighted by atomic mass is 35.5. The van der Waals surface area contributed by atoms with Crippen LogP contribution >= 0.6 is 11.6 Å². The molecule has 0 unspecified atom stereocenters. The van der Waals surface area contributed by atoms with Gasteiger partial charge in [-0.05, 0) is 25.1 Å². The second-order valence-electron chi connectivity index (χ2n) is 5.43. The maximum atomic E-state index is 11.8. The molecule has 1 heterocycles. The number of para-hydroxylation sites is 2. The van der Waals surface area contributed by atoms with E-state index in [4.69, 9.17) is 16.3 Å². The lowest BCUT2D eigenvalue weighted by Gasteiger charge is -2.17. The van der Waals surface area contributed by atoms with Crippen LogP contribution in [-0.4, -0.2) is 18.1 Å². The van der Waals surface area contributed by atoms with Crippen molar-refractivity contribution in [2.24, 2.45) is 0 Å². The second-order valence-corrected chi connectivity index (χ2v) is 5.83. The fraction of sp³-hybridized carbons (Fsp3) is 0.158. The highest BCUT2D eigenvalue weighted by molar-refractivity contribution is 6.33. The third-order valence-electron chi connectivity index (χ3n) is 3.88. The normalized spacial score (nSPS) is 10.6. The molecule has 2 aromatic carbocycles. The van der Waals surface area contributed by atoms with Crippen LogP contribution in [-0.2, 0) is 16.0 Å². The summed E-state index contributed by atoms with van der Waals surface area (Å²) in [7, 11) is 1.38. The molecule has 0 spiro atoms. The predicted octanol–water partition coefficient (Wildman–Crippen LogP) is 4.66. The van der Waals surface area contributed by atoms with Gasteiger partial charge in [0.2, 0.25) is 0 Å². The lowest BCUT2D eigenvalue weighted by molar-refractivity contribution is -0.139. The first-order valence-corrected chi connectivity index (χ1v) is 7.94. The molecule has 24 heavy (non-hydrogen) atoms. The van der Waals surface area contributed by atoms with Gasteiger partial charge in [0.05, 0.1) is 35.4 Å². The number of nitrogens with one attached hydrogen (secondary N) is 1. The number of halogens is 1. The maximum Gasteiger partial charge on any atom is 0.310 e. The van der Waals surface area contributed by atoms with Crippen molar-refractivity contribution in [2.45, 2.75) is 13.3 Å². The minimum absolute atomic E-state index is 0.146. The van der Waals surface area contributed by atoms with Crippen LogP contribution in [0.25, 0.3) is 10.9 Å². The average molecular weight is 341 g/mol. The number of anilines is 2. The summed E-state index contributed by atoms with van der Waals surface area (Å²) >= 11 is 6.28. The molecular weight excluding hydrogens is 324 g/mol. The zero-order valence-electron chi connectivity index (χ0n) is 13.5. The number of pyridine rings is 1. The lowest BCUT2D eigenvalue weighted by Crippen LogP contribution is -2.10. The number of aryl methyl sites for hydroxylation is 1. The van der Waals surface area contributed by atoms with Crippen LogP contribution in [0.15, 0.2) is 48.5 Å². The number of benzene rings is 2. The van der Waals surface area contributed by atoms with Crippen molar-refractivity contribution in [3.63, 3.8) is 0 Å². The summed E-state index contributed by atoms with van der Waals surface area (Å²) in [6.07, 6.45) is 0.146. The van der Waals surface area contributed by atoms with E-state index in [1.54, 1.807) is 0 Å². The molecule has 4 nitrogen and oxygen atoms in total. The Morgan fingerprint density at radius 3 is 2.62 bits per heavy atom. The zero-order valence-corrected chi connectivity index (χ0v) is 14.2. The zero-order chi connectivity index (χ0) is 17.1. The topological polar surface area (TPSA) is 51.2 Å². The Kier molecular flexibility index (Phi) is 4.67. The van der Waals surface area contributed by atoms with Crippen LogP contribution in [0.1, 0.15) is 11.3 Å². The van der Waals surface area contributed by atoms with Crippen LogP contribution in [0.2, 0.25) is 5.02 Å². The van der Waals surface area contributed by atoms with Crippen molar-refractivity contribution >= 4 is 39.8 Å². The highest BCUT2D eigenvalue weighted by Gasteiger charge is 2.17. The molecule has 0 atom stereocenters. The molecule has 0 aliphatic carbocycles. The lowest BCUT2D eigenvalue weighted by atomic mass is 10.0. The second kappa shape index (κ2) is 6.89. The first-order valence-electron chi connectivity index (χ1n) is 7.56. The van der Waals surface area contributed by atoms with E-state index < -0.39 is 0 Å². The molecule has 1 aromatic heterocycles. The Balaban J connectivity index is 2.19. The molecule has 0 amide bonds. The summed E-state index contributed by atoms with van der Waals surface area (Å²) in [5, 5.41) is 4.92. The van der Waals surface area contributed by atoms with E-state index in [9.17, 15) is 4.79 Å². The smallest absolute Gasteiger partial charge is 0.310 e. The predicted molar refractivity (Wildman–Crippen MR) is 96.9 cm³/mol. The molecule has 0 aliphatic heterocycles. The SMILES string of the molecule is COC(=O)Cc1c(C)nc2ccccc2c1Nc1ccccc1Cl. The molecule has 3 aromatic rings. The van der Waals surface area contributed by atoms with Gasteiger partial charge in [-0.15, -0.1) is 0 Å². The Morgan fingerprint density at radius 2 is 1.88 bits per heavy atom. The van der Waals surface area contributed by atoms with E-state index in [0.717, 1.165) is 33.5 Å². The number of carbonyl (C=O) groups excluding carboxylic acids is 1. The minimum atomic E-state index is -0.308. The van der Waals surface area contributed by atoms with Crippen molar-refractivity contribution < 1.29 is 9.53 Å². The summed E-state index contributed by atoms with van der Waals surface area (Å²) in [6, 6.07) is 15.3. The quantitative estimate of drug-likeness (QED) is 0.702. The Bertz CT molecular complexity index is 909. The monoisotopic (exact) mass is 340 g/mol. The van der Waals surface area contributed by atoms with Crippen LogP contribution < -0.4 is 5.32 Å². The van der Waals surface area contributed by atoms with Crippen molar-refractivity contribution in [3.05, 3.63) is 64.8 Å². The van der Waals surface area contributed by atoms with Crippen LogP contribution in [0.4, 0.5) is 11.4 Å². The number of carbonyl (C=O) groups is 1. The van der Waals surface area contributed by atoms with Gasteiger partial charge in [-0.3, -0.25) is 9.78 Å². The van der Waals surface area contributed by atoms with Gasteiger partial charge in [-0.1, -0.05) is 41.9 Å². The van der Waals surface area contributed by atoms with Gasteiger partial charge in [0.1, 0.15) is 0 Å². The van der Waals surface area contributed by atoms with Crippen LogP contribution in [0, 0.1) is 6.92 Å². The number of fused-ring (bicyclic) bond motifs is 1. The van der Waals surface area contributed by atoms with Gasteiger partial charge in [0, 0.05) is 16.6 Å². The van der Waals surface area contributed by atoms with E-state index in [1.807, 2.05) is 55.5 Å².